The molecule has 1 saturated carbocycles. The lowest BCUT2D eigenvalue weighted by Crippen LogP contribution is -2.55. The van der Waals surface area contributed by atoms with Gasteiger partial charge < -0.3 is 24.3 Å². The molecule has 2 aromatic rings. The smallest absolute Gasteiger partial charge is 0.427 e. The van der Waals surface area contributed by atoms with Gasteiger partial charge in [-0.1, -0.05) is 0 Å². The number of amides is 2. The van der Waals surface area contributed by atoms with Crippen molar-refractivity contribution in [3.05, 3.63) is 24.4 Å². The number of rotatable bonds is 11. The fraction of sp³-hybridized carbons (Fsp3) is 0.556. The molecule has 2 heterocycles. The molecule has 0 radical (unpaired) electrons. The van der Waals surface area contributed by atoms with Crippen LogP contribution in [0.4, 0.5) is 29.3 Å². The zero-order valence-electron chi connectivity index (χ0n) is 25.1. The quantitative estimate of drug-likeness (QED) is 0.341. The lowest BCUT2D eigenvalue weighted by atomic mass is 10.0. The van der Waals surface area contributed by atoms with Crippen molar-refractivity contribution in [2.45, 2.75) is 75.9 Å². The average Bonchev–Trinajstić information content (AvgIpc) is 3.70. The van der Waals surface area contributed by atoms with E-state index in [9.17, 15) is 36.0 Å². The van der Waals surface area contributed by atoms with Gasteiger partial charge in [-0.3, -0.25) is 19.1 Å². The standard InChI is InChI=1S/C27H34F3N5O9S/c1-6-34-13-21(24(33-34)42-14-22(37)41-5)45(39,40)35-12-20(23(16-7-8-16)31-15(2)36)43-19-10-9-17(11-18(19)35)32-25(38)44-26(3,4)27(28,29)30/h9-11,13,16,20,23H,6-8,12,14H2,1-5H3,(H,31,36)(H,32,38)/t20-,23+/m1/s1. The third-order valence-electron chi connectivity index (χ3n) is 7.17. The average molecular weight is 662 g/mol. The number of aryl methyl sites for hydroxylation is 1. The third-order valence-corrected chi connectivity index (χ3v) is 8.93. The molecule has 0 unspecified atom stereocenters. The maximum atomic E-state index is 14.3. The fourth-order valence-corrected chi connectivity index (χ4v) is 6.09. The number of methoxy groups -OCH3 is 1. The first-order valence-electron chi connectivity index (χ1n) is 13.9. The molecule has 2 aliphatic rings. The van der Waals surface area contributed by atoms with Crippen molar-refractivity contribution < 1.29 is 54.9 Å². The number of anilines is 2. The number of ether oxygens (including phenoxy) is 4. The molecule has 1 fully saturated rings. The molecule has 45 heavy (non-hydrogen) atoms. The highest BCUT2D eigenvalue weighted by atomic mass is 32.2. The maximum Gasteiger partial charge on any atom is 0.427 e. The Kier molecular flexibility index (Phi) is 9.46. The van der Waals surface area contributed by atoms with Crippen LogP contribution in [0.2, 0.25) is 0 Å². The first kappa shape index (κ1) is 33.7. The highest BCUT2D eigenvalue weighted by Gasteiger charge is 2.51. The number of nitrogens with one attached hydrogen (secondary N) is 2. The van der Waals surface area contributed by atoms with Crippen molar-refractivity contribution in [2.75, 3.05) is 29.9 Å². The molecule has 2 atom stereocenters. The van der Waals surface area contributed by atoms with Gasteiger partial charge >= 0.3 is 18.2 Å². The Hall–Kier alpha value is -4.22. The van der Waals surface area contributed by atoms with Crippen LogP contribution in [-0.2, 0) is 35.6 Å². The molecule has 1 aromatic carbocycles. The molecule has 1 aromatic heterocycles. The Labute approximate surface area is 257 Å². The number of aromatic nitrogens is 2. The molecule has 1 aliphatic carbocycles. The second-order valence-electron chi connectivity index (χ2n) is 11.0. The van der Waals surface area contributed by atoms with Crippen LogP contribution in [0.1, 0.15) is 40.5 Å². The number of fused-ring (bicyclic) bond motifs is 1. The number of nitrogens with zero attached hydrogens (tertiary/aromatic N) is 3. The molecule has 0 saturated heterocycles. The molecular formula is C27H34F3N5O9S. The van der Waals surface area contributed by atoms with Gasteiger partial charge in [0.1, 0.15) is 11.9 Å². The fourth-order valence-electron chi connectivity index (χ4n) is 4.53. The first-order valence-corrected chi connectivity index (χ1v) is 15.3. The van der Waals surface area contributed by atoms with Crippen molar-refractivity contribution in [3.63, 3.8) is 0 Å². The van der Waals surface area contributed by atoms with Gasteiger partial charge in [0.15, 0.2) is 11.5 Å². The Morgan fingerprint density at radius 2 is 1.89 bits per heavy atom. The Morgan fingerprint density at radius 3 is 2.47 bits per heavy atom. The van der Waals surface area contributed by atoms with Crippen molar-refractivity contribution in [2.24, 2.45) is 5.92 Å². The summed E-state index contributed by atoms with van der Waals surface area (Å²) in [5.41, 5.74) is -2.97. The third kappa shape index (κ3) is 7.54. The minimum Gasteiger partial charge on any atom is -0.484 e. The number of hydrogen-bond acceptors (Lipinski definition) is 10. The van der Waals surface area contributed by atoms with E-state index in [0.717, 1.165) is 24.3 Å². The van der Waals surface area contributed by atoms with E-state index in [-0.39, 0.29) is 47.9 Å². The molecule has 2 amide bonds. The van der Waals surface area contributed by atoms with E-state index >= 15 is 0 Å². The highest BCUT2D eigenvalue weighted by molar-refractivity contribution is 7.93. The number of alkyl halides is 3. The van der Waals surface area contributed by atoms with Crippen LogP contribution in [0.5, 0.6) is 11.6 Å². The lowest BCUT2D eigenvalue weighted by molar-refractivity contribution is -0.242. The summed E-state index contributed by atoms with van der Waals surface area (Å²) in [6, 6.07) is 3.31. The van der Waals surface area contributed by atoms with E-state index in [0.29, 0.717) is 13.8 Å². The van der Waals surface area contributed by atoms with E-state index < -0.39 is 57.5 Å². The summed E-state index contributed by atoms with van der Waals surface area (Å²) in [7, 11) is -3.42. The van der Waals surface area contributed by atoms with Crippen molar-refractivity contribution in [1.82, 2.24) is 15.1 Å². The predicted octanol–water partition coefficient (Wildman–Crippen LogP) is 3.22. The molecule has 248 valence electrons. The Balaban J connectivity index is 1.75. The van der Waals surface area contributed by atoms with Gasteiger partial charge in [-0.2, -0.15) is 13.2 Å². The van der Waals surface area contributed by atoms with Gasteiger partial charge in [-0.25, -0.2) is 18.0 Å². The van der Waals surface area contributed by atoms with Gasteiger partial charge in [-0.15, -0.1) is 5.10 Å². The SMILES string of the molecule is CCn1cc(S(=O)(=O)N2C[C@H]([C@@H](NC(C)=O)C3CC3)Oc3ccc(NC(=O)OC(C)(C)C(F)(F)F)cc32)c(OCC(=O)OC)n1. The van der Waals surface area contributed by atoms with Crippen LogP contribution < -0.4 is 24.4 Å². The molecule has 0 spiro atoms. The summed E-state index contributed by atoms with van der Waals surface area (Å²) in [6.07, 6.45) is -4.33. The van der Waals surface area contributed by atoms with Crippen LogP contribution in [0.25, 0.3) is 0 Å². The number of sulfonamides is 1. The van der Waals surface area contributed by atoms with Crippen LogP contribution in [-0.4, -0.2) is 80.4 Å². The number of carbonyl (C=O) groups is 3. The summed E-state index contributed by atoms with van der Waals surface area (Å²) in [4.78, 5) is 35.8. The highest BCUT2D eigenvalue weighted by Crippen LogP contribution is 2.43. The number of esters is 1. The second kappa shape index (κ2) is 12.6. The normalized spacial score (nSPS) is 17.4. The molecule has 4 rings (SSSR count). The van der Waals surface area contributed by atoms with Crippen molar-refractivity contribution in [3.8, 4) is 11.6 Å². The minimum absolute atomic E-state index is 0.0412. The van der Waals surface area contributed by atoms with Gasteiger partial charge in [-0.05, 0) is 57.7 Å². The topological polar surface area (TPSA) is 167 Å². The van der Waals surface area contributed by atoms with E-state index in [2.05, 4.69) is 25.2 Å². The lowest BCUT2D eigenvalue weighted by Gasteiger charge is -2.39. The largest absolute Gasteiger partial charge is 0.484 e. The summed E-state index contributed by atoms with van der Waals surface area (Å²) in [6.45, 7) is 3.73. The van der Waals surface area contributed by atoms with E-state index in [1.54, 1.807) is 6.92 Å². The van der Waals surface area contributed by atoms with Crippen LogP contribution in [0, 0.1) is 5.92 Å². The summed E-state index contributed by atoms with van der Waals surface area (Å²) in [5.74, 6) is -1.39. The van der Waals surface area contributed by atoms with Crippen LogP contribution >= 0.6 is 0 Å². The van der Waals surface area contributed by atoms with Gasteiger partial charge in [0.25, 0.3) is 15.9 Å². The zero-order chi connectivity index (χ0) is 33.3. The summed E-state index contributed by atoms with van der Waals surface area (Å²) in [5, 5.41) is 9.16. The Bertz CT molecular complexity index is 1560. The second-order valence-corrected chi connectivity index (χ2v) is 12.8. The molecule has 2 N–H and O–H groups in total. The van der Waals surface area contributed by atoms with E-state index in [1.165, 1.54) is 36.0 Å². The first-order chi connectivity index (χ1) is 21.0. The van der Waals surface area contributed by atoms with E-state index in [4.69, 9.17) is 9.47 Å². The summed E-state index contributed by atoms with van der Waals surface area (Å²) >= 11 is 0. The molecular weight excluding hydrogens is 627 g/mol. The van der Waals surface area contributed by atoms with Crippen molar-refractivity contribution >= 4 is 39.4 Å². The monoisotopic (exact) mass is 661 g/mol. The number of benzene rings is 1. The molecule has 18 heteroatoms. The molecule has 0 bridgehead atoms. The Morgan fingerprint density at radius 1 is 1.20 bits per heavy atom. The van der Waals surface area contributed by atoms with Crippen LogP contribution in [0.3, 0.4) is 0 Å². The number of carbonyl (C=O) groups excluding carboxylic acids is 3. The van der Waals surface area contributed by atoms with Gasteiger partial charge in [0.2, 0.25) is 11.5 Å². The zero-order valence-corrected chi connectivity index (χ0v) is 26.0. The summed E-state index contributed by atoms with van der Waals surface area (Å²) < 4.78 is 91.4. The maximum absolute atomic E-state index is 14.3. The van der Waals surface area contributed by atoms with Gasteiger partial charge in [0, 0.05) is 25.4 Å². The molecule has 14 nitrogen and oxygen atoms in total. The number of halogens is 3. The van der Waals surface area contributed by atoms with Gasteiger partial charge in [0.05, 0.1) is 25.4 Å². The predicted molar refractivity (Wildman–Crippen MR) is 151 cm³/mol. The van der Waals surface area contributed by atoms with Crippen molar-refractivity contribution in [1.29, 1.82) is 0 Å². The van der Waals surface area contributed by atoms with Crippen LogP contribution in [0.15, 0.2) is 29.3 Å². The molecule has 1 aliphatic heterocycles. The minimum atomic E-state index is -4.85. The van der Waals surface area contributed by atoms with E-state index in [1.807, 2.05) is 0 Å². The number of hydrogen-bond donors (Lipinski definition) is 2.